The quantitative estimate of drug-likeness (QED) is 0.835. The molecule has 1 aromatic carbocycles. The molecule has 92 valence electrons. The Labute approximate surface area is 106 Å². The zero-order chi connectivity index (χ0) is 11.7. The van der Waals surface area contributed by atoms with E-state index in [2.05, 4.69) is 11.4 Å². The highest BCUT2D eigenvalue weighted by molar-refractivity contribution is 6.32. The van der Waals surface area contributed by atoms with E-state index in [1.165, 1.54) is 18.4 Å². The molecule has 2 aliphatic heterocycles. The largest absolute Gasteiger partial charge is 0.486 e. The maximum atomic E-state index is 6.13. The van der Waals surface area contributed by atoms with Crippen LogP contribution in [0.4, 0.5) is 0 Å². The van der Waals surface area contributed by atoms with Crippen LogP contribution in [0.1, 0.15) is 30.9 Å². The maximum Gasteiger partial charge on any atom is 0.180 e. The molecular weight excluding hydrogens is 238 g/mol. The van der Waals surface area contributed by atoms with Gasteiger partial charge in [-0.1, -0.05) is 24.1 Å². The standard InChI is InChI=1S/C13H16ClNO2/c14-10-5-4-9(11-3-1-2-6-15-11)12-13(10)17-8-7-16-12/h4-5,11,15H,1-3,6-8H2. The van der Waals surface area contributed by atoms with E-state index in [9.17, 15) is 0 Å². The summed E-state index contributed by atoms with van der Waals surface area (Å²) in [5.74, 6) is 1.55. The highest BCUT2D eigenvalue weighted by atomic mass is 35.5. The Morgan fingerprint density at radius 3 is 2.71 bits per heavy atom. The predicted molar refractivity (Wildman–Crippen MR) is 67.0 cm³/mol. The van der Waals surface area contributed by atoms with Crippen molar-refractivity contribution in [3.8, 4) is 11.5 Å². The fourth-order valence-corrected chi connectivity index (χ4v) is 2.72. The van der Waals surface area contributed by atoms with Crippen LogP contribution >= 0.6 is 11.6 Å². The lowest BCUT2D eigenvalue weighted by atomic mass is 9.96. The Balaban J connectivity index is 1.98. The molecule has 1 unspecified atom stereocenters. The summed E-state index contributed by atoms with van der Waals surface area (Å²) in [7, 11) is 0. The van der Waals surface area contributed by atoms with Gasteiger partial charge in [-0.15, -0.1) is 0 Å². The van der Waals surface area contributed by atoms with Gasteiger partial charge in [-0.25, -0.2) is 0 Å². The van der Waals surface area contributed by atoms with E-state index >= 15 is 0 Å². The zero-order valence-corrected chi connectivity index (χ0v) is 10.4. The van der Waals surface area contributed by atoms with Crippen molar-refractivity contribution in [2.24, 2.45) is 0 Å². The second kappa shape index (κ2) is 4.75. The number of fused-ring (bicyclic) bond motifs is 1. The van der Waals surface area contributed by atoms with E-state index in [1.54, 1.807) is 0 Å². The molecule has 0 amide bonds. The molecule has 0 saturated carbocycles. The van der Waals surface area contributed by atoms with Gasteiger partial charge in [-0.05, 0) is 25.5 Å². The summed E-state index contributed by atoms with van der Waals surface area (Å²) in [6, 6.07) is 4.33. The molecule has 1 atom stereocenters. The monoisotopic (exact) mass is 253 g/mol. The SMILES string of the molecule is Clc1ccc(C2CCCCN2)c2c1OCCO2. The van der Waals surface area contributed by atoms with Crippen LogP contribution in [0.2, 0.25) is 5.02 Å². The van der Waals surface area contributed by atoms with Crippen molar-refractivity contribution in [2.75, 3.05) is 19.8 Å². The molecule has 1 N–H and O–H groups in total. The van der Waals surface area contributed by atoms with Gasteiger partial charge >= 0.3 is 0 Å². The number of hydrogen-bond acceptors (Lipinski definition) is 3. The van der Waals surface area contributed by atoms with Crippen LogP contribution in [-0.2, 0) is 0 Å². The van der Waals surface area contributed by atoms with Crippen LogP contribution in [0.3, 0.4) is 0 Å². The Hall–Kier alpha value is -0.930. The Morgan fingerprint density at radius 1 is 1.12 bits per heavy atom. The smallest absolute Gasteiger partial charge is 0.180 e. The molecule has 2 aliphatic rings. The van der Waals surface area contributed by atoms with E-state index in [-0.39, 0.29) is 0 Å². The van der Waals surface area contributed by atoms with Crippen LogP contribution in [0.15, 0.2) is 12.1 Å². The summed E-state index contributed by atoms with van der Waals surface area (Å²) in [5.41, 5.74) is 1.18. The van der Waals surface area contributed by atoms with Gasteiger partial charge in [0.05, 0.1) is 5.02 Å². The molecule has 0 aromatic heterocycles. The Morgan fingerprint density at radius 2 is 1.94 bits per heavy atom. The van der Waals surface area contributed by atoms with Gasteiger partial charge in [0.15, 0.2) is 11.5 Å². The second-order valence-electron chi connectivity index (χ2n) is 4.49. The molecule has 3 rings (SSSR count). The fraction of sp³-hybridized carbons (Fsp3) is 0.538. The van der Waals surface area contributed by atoms with Gasteiger partial charge in [0, 0.05) is 11.6 Å². The first-order chi connectivity index (χ1) is 8.36. The van der Waals surface area contributed by atoms with Gasteiger partial charge in [-0.2, -0.15) is 0 Å². The van der Waals surface area contributed by atoms with E-state index in [1.807, 2.05) is 6.07 Å². The third kappa shape index (κ3) is 2.09. The molecule has 4 heteroatoms. The van der Waals surface area contributed by atoms with Gasteiger partial charge < -0.3 is 14.8 Å². The average molecular weight is 254 g/mol. The summed E-state index contributed by atoms with van der Waals surface area (Å²) in [6.45, 7) is 2.25. The van der Waals surface area contributed by atoms with Crippen molar-refractivity contribution >= 4 is 11.6 Å². The molecule has 0 bridgehead atoms. The summed E-state index contributed by atoms with van der Waals surface area (Å²) in [6.07, 6.45) is 3.66. The molecule has 0 spiro atoms. The van der Waals surface area contributed by atoms with Crippen LogP contribution in [0, 0.1) is 0 Å². The number of hydrogen-bond donors (Lipinski definition) is 1. The summed E-state index contributed by atoms with van der Waals surface area (Å²) >= 11 is 6.13. The molecule has 3 nitrogen and oxygen atoms in total. The zero-order valence-electron chi connectivity index (χ0n) is 9.67. The molecule has 0 radical (unpaired) electrons. The van der Waals surface area contributed by atoms with Crippen molar-refractivity contribution in [3.63, 3.8) is 0 Å². The minimum absolute atomic E-state index is 0.372. The van der Waals surface area contributed by atoms with Crippen molar-refractivity contribution in [1.29, 1.82) is 0 Å². The average Bonchev–Trinajstić information content (AvgIpc) is 2.41. The molecule has 17 heavy (non-hydrogen) atoms. The molecule has 1 fully saturated rings. The summed E-state index contributed by atoms with van der Waals surface area (Å²) < 4.78 is 11.3. The third-order valence-electron chi connectivity index (χ3n) is 3.36. The Bertz CT molecular complexity index is 416. The van der Waals surface area contributed by atoms with E-state index in [4.69, 9.17) is 21.1 Å². The van der Waals surface area contributed by atoms with E-state index in [0.29, 0.717) is 30.0 Å². The number of benzene rings is 1. The van der Waals surface area contributed by atoms with Crippen molar-refractivity contribution in [2.45, 2.75) is 25.3 Å². The summed E-state index contributed by atoms with van der Waals surface area (Å²) in [4.78, 5) is 0. The van der Waals surface area contributed by atoms with E-state index < -0.39 is 0 Å². The van der Waals surface area contributed by atoms with Gasteiger partial charge in [0.25, 0.3) is 0 Å². The Kier molecular flexibility index (Phi) is 3.12. The highest BCUT2D eigenvalue weighted by Gasteiger charge is 2.25. The molecule has 1 saturated heterocycles. The first-order valence-electron chi connectivity index (χ1n) is 6.17. The summed E-state index contributed by atoms with van der Waals surface area (Å²) in [5, 5.41) is 4.16. The molecular formula is C13H16ClNO2. The first-order valence-corrected chi connectivity index (χ1v) is 6.55. The maximum absolute atomic E-state index is 6.13. The topological polar surface area (TPSA) is 30.5 Å². The third-order valence-corrected chi connectivity index (χ3v) is 3.65. The number of halogens is 1. The minimum Gasteiger partial charge on any atom is -0.486 e. The lowest BCUT2D eigenvalue weighted by molar-refractivity contribution is 0.168. The lowest BCUT2D eigenvalue weighted by Crippen LogP contribution is -2.28. The number of nitrogens with one attached hydrogen (secondary N) is 1. The lowest BCUT2D eigenvalue weighted by Gasteiger charge is -2.28. The first kappa shape index (κ1) is 11.2. The number of rotatable bonds is 1. The second-order valence-corrected chi connectivity index (χ2v) is 4.90. The van der Waals surface area contributed by atoms with Crippen LogP contribution in [0.25, 0.3) is 0 Å². The molecule has 0 aliphatic carbocycles. The van der Waals surface area contributed by atoms with E-state index in [0.717, 1.165) is 18.7 Å². The number of piperidine rings is 1. The van der Waals surface area contributed by atoms with Gasteiger partial charge in [0.2, 0.25) is 0 Å². The van der Waals surface area contributed by atoms with Crippen LogP contribution < -0.4 is 14.8 Å². The van der Waals surface area contributed by atoms with Crippen LogP contribution in [-0.4, -0.2) is 19.8 Å². The fourth-order valence-electron chi connectivity index (χ4n) is 2.52. The minimum atomic E-state index is 0.372. The van der Waals surface area contributed by atoms with Crippen LogP contribution in [0.5, 0.6) is 11.5 Å². The predicted octanol–water partition coefficient (Wildman–Crippen LogP) is 2.93. The number of ether oxygens (including phenoxy) is 2. The molecule has 2 heterocycles. The van der Waals surface area contributed by atoms with Crippen molar-refractivity contribution < 1.29 is 9.47 Å². The highest BCUT2D eigenvalue weighted by Crippen LogP contribution is 2.43. The molecule has 1 aromatic rings. The van der Waals surface area contributed by atoms with Crippen molar-refractivity contribution in [3.05, 3.63) is 22.7 Å². The van der Waals surface area contributed by atoms with Gasteiger partial charge in [-0.3, -0.25) is 0 Å². The normalized spacial score (nSPS) is 23.5. The van der Waals surface area contributed by atoms with Crippen molar-refractivity contribution in [1.82, 2.24) is 5.32 Å². The van der Waals surface area contributed by atoms with Gasteiger partial charge in [0.1, 0.15) is 13.2 Å².